The summed E-state index contributed by atoms with van der Waals surface area (Å²) < 4.78 is 10.8. The number of amides is 1. The molecule has 3 heterocycles. The molecular weight excluding hydrogens is 584 g/mol. The van der Waals surface area contributed by atoms with Crippen LogP contribution >= 0.6 is 0 Å². The summed E-state index contributed by atoms with van der Waals surface area (Å²) in [6, 6.07) is 20.8. The third-order valence-corrected chi connectivity index (χ3v) is 8.24. The SMILES string of the molecule is CCc1ccncc1-c1cc2cc(NC(=O)C3CC3[N+](=O)[O-])ncc2c(N(Cc2ccc(OC)cc2)Cc2ccc(OC)cc2)n1. The number of benzene rings is 2. The zero-order valence-electron chi connectivity index (χ0n) is 25.8. The normalized spacial score (nSPS) is 15.3. The van der Waals surface area contributed by atoms with E-state index in [0.29, 0.717) is 24.7 Å². The first-order valence-corrected chi connectivity index (χ1v) is 15.1. The van der Waals surface area contributed by atoms with E-state index in [9.17, 15) is 14.9 Å². The summed E-state index contributed by atoms with van der Waals surface area (Å²) in [6.07, 6.45) is 6.33. The maximum Gasteiger partial charge on any atom is 0.235 e. The Labute approximate surface area is 266 Å². The lowest BCUT2D eigenvalue weighted by atomic mass is 10.0. The average Bonchev–Trinajstić information content (AvgIpc) is 3.90. The third kappa shape index (κ3) is 6.58. The molecule has 234 valence electrons. The van der Waals surface area contributed by atoms with Gasteiger partial charge in [0, 0.05) is 54.0 Å². The number of carbonyl (C=O) groups is 1. The molecule has 3 aromatic heterocycles. The Morgan fingerprint density at radius 3 is 2.20 bits per heavy atom. The highest BCUT2D eigenvalue weighted by Gasteiger charge is 2.53. The topological polar surface area (TPSA) is 133 Å². The Morgan fingerprint density at radius 1 is 0.978 bits per heavy atom. The number of nitro groups is 1. The van der Waals surface area contributed by atoms with Crippen molar-refractivity contribution in [1.82, 2.24) is 15.0 Å². The number of methoxy groups -OCH3 is 2. The first kappa shape index (κ1) is 30.4. The number of hydrogen-bond donors (Lipinski definition) is 1. The van der Waals surface area contributed by atoms with Gasteiger partial charge in [0.15, 0.2) is 0 Å². The van der Waals surface area contributed by atoms with E-state index in [2.05, 4.69) is 27.1 Å². The molecule has 1 fully saturated rings. The van der Waals surface area contributed by atoms with E-state index < -0.39 is 22.8 Å². The summed E-state index contributed by atoms with van der Waals surface area (Å²) in [5, 5.41) is 15.5. The zero-order chi connectivity index (χ0) is 32.2. The molecule has 2 atom stereocenters. The second-order valence-corrected chi connectivity index (χ2v) is 11.2. The number of aromatic nitrogens is 3. The van der Waals surface area contributed by atoms with Crippen molar-refractivity contribution in [1.29, 1.82) is 0 Å². The van der Waals surface area contributed by atoms with Crippen LogP contribution in [-0.2, 0) is 24.3 Å². The van der Waals surface area contributed by atoms with Crippen LogP contribution in [0.25, 0.3) is 22.0 Å². The van der Waals surface area contributed by atoms with E-state index in [4.69, 9.17) is 14.5 Å². The van der Waals surface area contributed by atoms with Gasteiger partial charge in [-0.25, -0.2) is 9.97 Å². The van der Waals surface area contributed by atoms with Crippen molar-refractivity contribution < 1.29 is 19.2 Å². The Hall–Kier alpha value is -5.58. The van der Waals surface area contributed by atoms with E-state index >= 15 is 0 Å². The van der Waals surface area contributed by atoms with Crippen molar-refractivity contribution >= 4 is 28.3 Å². The molecule has 1 saturated carbocycles. The van der Waals surface area contributed by atoms with Crippen LogP contribution in [0.15, 0.2) is 85.3 Å². The van der Waals surface area contributed by atoms with Crippen LogP contribution in [0.5, 0.6) is 11.5 Å². The van der Waals surface area contributed by atoms with Gasteiger partial charge in [0.1, 0.15) is 29.1 Å². The molecule has 6 rings (SSSR count). The van der Waals surface area contributed by atoms with Gasteiger partial charge in [0.25, 0.3) is 0 Å². The van der Waals surface area contributed by atoms with Gasteiger partial charge in [-0.05, 0) is 71.0 Å². The first-order chi connectivity index (χ1) is 22.4. The molecule has 0 spiro atoms. The van der Waals surface area contributed by atoms with Crippen molar-refractivity contribution in [2.45, 2.75) is 38.9 Å². The fourth-order valence-corrected chi connectivity index (χ4v) is 5.56. The molecular formula is C35H34N6O5. The van der Waals surface area contributed by atoms with Crippen molar-refractivity contribution in [2.24, 2.45) is 5.92 Å². The predicted molar refractivity (Wildman–Crippen MR) is 176 cm³/mol. The summed E-state index contributed by atoms with van der Waals surface area (Å²) in [6.45, 7) is 3.17. The van der Waals surface area contributed by atoms with Crippen LogP contribution in [0.4, 0.5) is 11.6 Å². The van der Waals surface area contributed by atoms with Crippen molar-refractivity contribution in [3.05, 3.63) is 112 Å². The van der Waals surface area contributed by atoms with Crippen LogP contribution in [-0.4, -0.2) is 46.0 Å². The number of pyridine rings is 3. The van der Waals surface area contributed by atoms with Gasteiger partial charge in [0.05, 0.1) is 19.9 Å². The smallest absolute Gasteiger partial charge is 0.235 e. The van der Waals surface area contributed by atoms with Crippen LogP contribution in [0.3, 0.4) is 0 Å². The standard InChI is InChI=1S/C35H34N6O5/c1-4-24-13-14-36-18-29(24)31-15-25-16-33(39-35(42)28-17-32(28)41(43)44)37-19-30(25)34(38-31)40(20-22-5-9-26(45-2)10-6-22)21-23-7-11-27(46-3)12-8-23/h5-16,18-19,28,32H,4,17,20-21H2,1-3H3,(H,37,39,42). The molecule has 0 radical (unpaired) electrons. The Morgan fingerprint density at radius 2 is 1.63 bits per heavy atom. The van der Waals surface area contributed by atoms with Gasteiger partial charge in [-0.1, -0.05) is 31.2 Å². The van der Waals surface area contributed by atoms with E-state index in [-0.39, 0.29) is 6.42 Å². The first-order valence-electron chi connectivity index (χ1n) is 15.1. The van der Waals surface area contributed by atoms with Gasteiger partial charge in [0.2, 0.25) is 11.9 Å². The molecule has 0 bridgehead atoms. The minimum atomic E-state index is -0.842. The van der Waals surface area contributed by atoms with Crippen LogP contribution in [0.2, 0.25) is 0 Å². The highest BCUT2D eigenvalue weighted by Crippen LogP contribution is 2.36. The van der Waals surface area contributed by atoms with Gasteiger partial charge >= 0.3 is 0 Å². The fraction of sp³-hybridized carbons (Fsp3) is 0.257. The number of nitrogens with one attached hydrogen (secondary N) is 1. The number of aryl methyl sites for hydroxylation is 1. The van der Waals surface area contributed by atoms with Gasteiger partial charge in [-0.2, -0.15) is 0 Å². The molecule has 1 aliphatic rings. The molecule has 0 saturated heterocycles. The molecule has 46 heavy (non-hydrogen) atoms. The lowest BCUT2D eigenvalue weighted by molar-refractivity contribution is -0.497. The molecule has 11 nitrogen and oxygen atoms in total. The van der Waals surface area contributed by atoms with Gasteiger partial charge < -0.3 is 19.7 Å². The van der Waals surface area contributed by atoms with Gasteiger partial charge in [-0.3, -0.25) is 19.9 Å². The second-order valence-electron chi connectivity index (χ2n) is 11.2. The maximum atomic E-state index is 12.8. The average molecular weight is 619 g/mol. The lowest BCUT2D eigenvalue weighted by Gasteiger charge is -2.26. The Balaban J connectivity index is 1.46. The highest BCUT2D eigenvalue weighted by atomic mass is 16.6. The zero-order valence-corrected chi connectivity index (χ0v) is 25.8. The minimum Gasteiger partial charge on any atom is -0.497 e. The summed E-state index contributed by atoms with van der Waals surface area (Å²) in [4.78, 5) is 39.9. The molecule has 5 aromatic rings. The van der Waals surface area contributed by atoms with Crippen LogP contribution in [0, 0.1) is 16.0 Å². The number of nitrogens with zero attached hydrogens (tertiary/aromatic N) is 5. The maximum absolute atomic E-state index is 12.8. The van der Waals surface area contributed by atoms with Gasteiger partial charge in [-0.15, -0.1) is 0 Å². The number of anilines is 2. The number of rotatable bonds is 12. The molecule has 2 aromatic carbocycles. The van der Waals surface area contributed by atoms with Crippen molar-refractivity contribution in [2.75, 3.05) is 24.4 Å². The molecule has 1 N–H and O–H groups in total. The Kier molecular flexibility index (Phi) is 8.73. The Bertz CT molecular complexity index is 1830. The predicted octanol–water partition coefficient (Wildman–Crippen LogP) is 6.08. The molecule has 1 amide bonds. The third-order valence-electron chi connectivity index (χ3n) is 8.24. The summed E-state index contributed by atoms with van der Waals surface area (Å²) in [5.74, 6) is 1.54. The van der Waals surface area contributed by atoms with E-state index in [1.165, 1.54) is 0 Å². The second kappa shape index (κ2) is 13.2. The van der Waals surface area contributed by atoms with Crippen molar-refractivity contribution in [3.63, 3.8) is 0 Å². The molecule has 2 unspecified atom stereocenters. The number of fused-ring (bicyclic) bond motifs is 1. The monoisotopic (exact) mass is 618 g/mol. The lowest BCUT2D eigenvalue weighted by Crippen LogP contribution is -2.24. The summed E-state index contributed by atoms with van der Waals surface area (Å²) in [7, 11) is 3.29. The highest BCUT2D eigenvalue weighted by molar-refractivity contribution is 5.99. The quantitative estimate of drug-likeness (QED) is 0.130. The molecule has 11 heteroatoms. The number of hydrogen-bond acceptors (Lipinski definition) is 9. The largest absolute Gasteiger partial charge is 0.497 e. The summed E-state index contributed by atoms with van der Waals surface area (Å²) >= 11 is 0. The van der Waals surface area contributed by atoms with E-state index in [1.807, 2.05) is 66.9 Å². The van der Waals surface area contributed by atoms with E-state index in [0.717, 1.165) is 56.6 Å². The van der Waals surface area contributed by atoms with Crippen LogP contribution in [0.1, 0.15) is 30.0 Å². The number of carbonyl (C=O) groups excluding carboxylic acids is 1. The fourth-order valence-electron chi connectivity index (χ4n) is 5.56. The molecule has 0 aliphatic heterocycles. The van der Waals surface area contributed by atoms with Crippen molar-refractivity contribution in [3.8, 4) is 22.8 Å². The number of ether oxygens (including phenoxy) is 2. The van der Waals surface area contributed by atoms with E-state index in [1.54, 1.807) is 32.7 Å². The van der Waals surface area contributed by atoms with Crippen LogP contribution < -0.4 is 19.7 Å². The summed E-state index contributed by atoms with van der Waals surface area (Å²) in [5.41, 5.74) is 4.88. The minimum absolute atomic E-state index is 0.233. The molecule has 1 aliphatic carbocycles.